The van der Waals surface area contributed by atoms with E-state index in [-0.39, 0.29) is 43.8 Å². The average Bonchev–Trinajstić information content (AvgIpc) is 1.61. The number of carbonyl (C=O) groups excluding carboxylic acids is 2. The number of halogens is 2. The van der Waals surface area contributed by atoms with Crippen molar-refractivity contribution in [2.24, 2.45) is 48.8 Å². The van der Waals surface area contributed by atoms with Gasteiger partial charge in [0.15, 0.2) is 31.1 Å². The molecule has 0 radical (unpaired) electrons. The summed E-state index contributed by atoms with van der Waals surface area (Å²) in [7, 11) is 0. The summed E-state index contributed by atoms with van der Waals surface area (Å²) in [6.07, 6.45) is 23.3. The largest absolute Gasteiger partial charge is 0.516 e. The molecule has 140 heavy (non-hydrogen) atoms. The van der Waals surface area contributed by atoms with Crippen LogP contribution in [0.4, 0.5) is 10.6 Å². The number of hydrogen-bond donors (Lipinski definition) is 16. The van der Waals surface area contributed by atoms with Gasteiger partial charge in [-0.15, -0.1) is 71.8 Å². The molecule has 21 N–H and O–H groups in total. The second-order valence-corrected chi connectivity index (χ2v) is 62.8. The van der Waals surface area contributed by atoms with Gasteiger partial charge >= 0.3 is 12.1 Å². The van der Waals surface area contributed by atoms with Crippen molar-refractivity contribution in [2.75, 3.05) is 123 Å². The Bertz CT molecular complexity index is 5460. The minimum atomic E-state index is -1.32. The highest BCUT2D eigenvalue weighted by atomic mass is 79.9. The molecule has 35 nitrogen and oxygen atoms in total. The maximum atomic E-state index is 12.6. The number of benzene rings is 2. The van der Waals surface area contributed by atoms with Crippen molar-refractivity contribution < 1.29 is 98.9 Å². The zero-order chi connectivity index (χ0) is 103. The fraction of sp³-hybridized carbons (Fsp3) is 0.531. The van der Waals surface area contributed by atoms with Crippen molar-refractivity contribution in [3.8, 4) is 23.0 Å². The van der Waals surface area contributed by atoms with E-state index in [0.29, 0.717) is 125 Å². The maximum absolute atomic E-state index is 12.6. The van der Waals surface area contributed by atoms with E-state index < -0.39 is 175 Å². The zero-order valence-corrected chi connectivity index (χ0v) is 89.3. The molecular weight excluding hydrogens is 2020 g/mol. The number of fused-ring (bicyclic) bond motifs is 3. The van der Waals surface area contributed by atoms with Crippen LogP contribution in [0.3, 0.4) is 0 Å². The Morgan fingerprint density at radius 3 is 1.31 bits per heavy atom. The Balaban J connectivity index is 0.000000224. The van der Waals surface area contributed by atoms with Gasteiger partial charge in [0.1, 0.15) is 108 Å². The molecule has 0 bridgehead atoms. The van der Waals surface area contributed by atoms with Gasteiger partial charge in [0.25, 0.3) is 0 Å². The Morgan fingerprint density at radius 2 is 0.893 bits per heavy atom. The van der Waals surface area contributed by atoms with E-state index in [9.17, 15) is 60.7 Å². The van der Waals surface area contributed by atoms with Crippen LogP contribution < -0.4 is 34.3 Å². The predicted octanol–water partition coefficient (Wildman–Crippen LogP) is 7.90. The molecule has 6 unspecified atom stereocenters. The molecule has 13 rings (SSSR count). The Kier molecular flexibility index (Phi) is 42.9. The monoisotopic (exact) mass is 2170 g/mol. The normalized spacial score (nSPS) is 28.2. The maximum Gasteiger partial charge on any atom is 0.516 e. The van der Waals surface area contributed by atoms with E-state index in [1.165, 1.54) is 0 Å². The van der Waals surface area contributed by atoms with Crippen molar-refractivity contribution in [2.45, 2.75) is 208 Å². The van der Waals surface area contributed by atoms with Gasteiger partial charge in [-0.1, -0.05) is 102 Å². The number of nitrogen functional groups attached to an aromatic ring is 1. The van der Waals surface area contributed by atoms with Crippen LogP contribution in [0.5, 0.6) is 0 Å². The van der Waals surface area contributed by atoms with E-state index >= 15 is 0 Å². The third-order valence-electron chi connectivity index (χ3n) is 24.4. The number of aliphatic hydroxyl groups is 11. The van der Waals surface area contributed by atoms with Gasteiger partial charge in [0.2, 0.25) is 5.62 Å². The van der Waals surface area contributed by atoms with Crippen LogP contribution in [0.1, 0.15) is 102 Å². The number of anilines is 1. The highest BCUT2D eigenvalue weighted by Gasteiger charge is 2.51. The number of aliphatic hydroxyl groups excluding tert-OH is 11. The number of aliphatic imine (C=N–C) groups is 3. The van der Waals surface area contributed by atoms with Crippen molar-refractivity contribution >= 4 is 133 Å². The summed E-state index contributed by atoms with van der Waals surface area (Å²) >= 11 is 6.65. The third kappa shape index (κ3) is 32.3. The van der Waals surface area contributed by atoms with Crippen LogP contribution in [0.25, 0.3) is 11.1 Å². The first-order valence-corrected chi connectivity index (χ1v) is 62.7. The Hall–Kier alpha value is -7.49. The van der Waals surface area contributed by atoms with Crippen LogP contribution in [-0.2, 0) is 38.0 Å². The first-order valence-electron chi connectivity index (χ1n) is 45.9. The zero-order valence-electron chi connectivity index (χ0n) is 81.7. The van der Waals surface area contributed by atoms with Crippen molar-refractivity contribution in [3.63, 3.8) is 0 Å². The van der Waals surface area contributed by atoms with E-state index in [2.05, 4.69) is 205 Å². The molecule has 42 heteroatoms. The van der Waals surface area contributed by atoms with E-state index in [1.807, 2.05) is 36.4 Å². The standard InChI is InChI=1S/C35H45N4O7P.C17H26N3O3P.C16H28N3O4P.C15H24BrN2O3P.C14H23BrN3O3P.CH4/c1-22(33(42)46-35(43)44-21-27-25-14-7-5-12-23(25)24-13-6-8-15-26(24)27)11-9-10-18-37-34-38-29(36)16-19-39(34)32-31(41)30(40)28(45-32)17-20-47(2,3)4;1-6-7-12-10-20(11(2)19-16(12)18)17-15(22)14(21)13(23-17)8-9-24(3,4)5;1-10-18-15(17)11(5-7-20)9-19(10)16-14(22)13(21)12(23-16)6-8-24(2,3)4;1-9-7-11(17)10(16)8-18(9)15-14(20)13(19)12(21-15)5-6-22(2,3)4;1-8-17-13(16)9(15)7-18(8)14-12(20)11(19)10(21-14)5-6-22(2,3)4;/h5-8,12-16,19,22,27-28,30-32,40-41H,2,9-11,17-18,20-21H2,1,3-4H3,(H2,36,37,38);10,13-15,17,21-22H,2-3,8-9H2,1,4-5H3,(H2,18,19);9,12-14,16,20-22H,1-2,5-8H2,3-4H3,(H2,17,18);7-8,12-15,19-20H,1-2,5-6,17H2,3-4H3;7,10-12,14,19-20H,1-2,5-6H2,3-4H3,(H2,16,17);1H4/t22?,28-,30-,31-,32?;13-,14-,15-,17?;12-,13-,14-,16?;12-,13-,14-,15?;10-,11-,12-,14?;/m11111./s1. The van der Waals surface area contributed by atoms with Crippen LogP contribution >= 0.6 is 66.3 Å². The fourth-order valence-corrected chi connectivity index (χ4v) is 21.9. The average molecular weight is 2170 g/mol. The third-order valence-corrected chi connectivity index (χ3v) is 33.0. The van der Waals surface area contributed by atoms with E-state index in [1.54, 1.807) is 81.2 Å². The fourth-order valence-electron chi connectivity index (χ4n) is 16.5. The van der Waals surface area contributed by atoms with E-state index in [0.717, 1.165) is 53.1 Å². The lowest BCUT2D eigenvalue weighted by molar-refractivity contribution is -0.144. The van der Waals surface area contributed by atoms with Gasteiger partial charge in [0, 0.05) is 73.5 Å². The van der Waals surface area contributed by atoms with Gasteiger partial charge in [-0.3, -0.25) is 14.4 Å². The number of nitrogens with zero attached hydrogens (tertiary/aromatic N) is 10. The van der Waals surface area contributed by atoms with Crippen molar-refractivity contribution in [1.82, 2.24) is 29.2 Å². The van der Waals surface area contributed by atoms with Crippen LogP contribution in [0.15, 0.2) is 187 Å². The number of rotatable bonds is 30. The van der Waals surface area contributed by atoms with Gasteiger partial charge in [0.05, 0.1) is 51.0 Å². The molecule has 9 aliphatic heterocycles. The molecule has 5 saturated heterocycles. The highest BCUT2D eigenvalue weighted by molar-refractivity contribution is 9.12. The smallest absolute Gasteiger partial charge is 0.433 e. The summed E-state index contributed by atoms with van der Waals surface area (Å²) in [6, 6.07) is 17.6. The quantitative estimate of drug-likeness (QED) is 0.00991. The summed E-state index contributed by atoms with van der Waals surface area (Å²) in [5.41, 5.74) is 36.1. The van der Waals surface area contributed by atoms with Crippen molar-refractivity contribution in [3.05, 3.63) is 184 Å². The lowest BCUT2D eigenvalue weighted by Gasteiger charge is -2.32. The molecule has 2 aromatic carbocycles. The molecular formula is C98H150Br2N15O20P5. The molecule has 0 saturated carbocycles. The topological polar surface area (TPSA) is 532 Å². The molecule has 3 aromatic rings. The number of ether oxygens (including phenoxy) is 7. The highest BCUT2D eigenvalue weighted by Crippen LogP contribution is 2.48. The van der Waals surface area contributed by atoms with Gasteiger partial charge in [-0.2, -0.15) is 4.98 Å². The minimum Gasteiger partial charge on any atom is -0.433 e. The molecule has 21 atom stereocenters. The van der Waals surface area contributed by atoms with Gasteiger partial charge in [-0.05, 0) is 216 Å². The first-order chi connectivity index (χ1) is 64.9. The number of hydrogen-bond acceptors (Lipinski definition) is 34. The predicted molar refractivity (Wildman–Crippen MR) is 580 cm³/mol. The van der Waals surface area contributed by atoms with Gasteiger partial charge < -0.3 is 138 Å². The summed E-state index contributed by atoms with van der Waals surface area (Å²) < 4.78 is 42.9. The lowest BCUT2D eigenvalue weighted by Crippen LogP contribution is -2.42. The molecule has 1 aliphatic carbocycles. The summed E-state index contributed by atoms with van der Waals surface area (Å²) in [4.78, 5) is 52.8. The molecule has 1 aromatic heterocycles. The number of amidine groups is 3. The Labute approximate surface area is 842 Å². The SMILES string of the molecule is C.C=C1C=C(N)C(Br)=CN1C1O[C@H](CCP(=C)(C)C)[C@@H](O)[C@H]1O.C=C1N=C(N)C(Br)=CN1C1O[C@H](CCP(=C)(C)C)[C@@H](O)[C@H]1O.C=C1N=C(N)C(C#CC)=CN1C1O[C@H](CCP(=C)(C)C)[C@@H](O)[C@H]1O.C=C1N=C(N)C(CCO)=CN1C1O[C@H](CCP(=C)(C)C)[C@@H](O)[C@H]1O.C=P(C)(C)CC[C@H]1OC(n2ccc(N)nc2=NCCCCC(C)C(=O)OC(=O)OCC2c3ccccc3-c3ccccc32)[C@H](O)[C@@H]1O. The number of allylic oxidation sites excluding steroid dienone is 2. The number of esters is 1. The molecule has 10 heterocycles. The second kappa shape index (κ2) is 51.0. The molecule has 776 valence electrons. The Morgan fingerprint density at radius 1 is 0.514 bits per heavy atom. The molecule has 10 aliphatic rings. The number of aromatic nitrogens is 2. The number of unbranched alkanes of at least 4 members (excludes halogenated alkanes) is 1. The second-order valence-electron chi connectivity index (χ2n) is 39.5. The summed E-state index contributed by atoms with van der Waals surface area (Å²) in [6.45, 7) is 34.3. The summed E-state index contributed by atoms with van der Waals surface area (Å²) in [5.74, 6) is 6.53. The molecule has 5 fully saturated rings. The van der Waals surface area contributed by atoms with Crippen LogP contribution in [0, 0.1) is 17.8 Å². The number of nitrogens with two attached hydrogens (primary N) is 5. The molecule has 0 spiro atoms. The minimum absolute atomic E-state index is 0. The molecule has 0 amide bonds. The van der Waals surface area contributed by atoms with E-state index in [4.69, 9.17) is 66.9 Å². The van der Waals surface area contributed by atoms with Crippen LogP contribution in [0.2, 0.25) is 0 Å². The van der Waals surface area contributed by atoms with Crippen LogP contribution in [-0.4, -0.2) is 380 Å². The van der Waals surface area contributed by atoms with Crippen molar-refractivity contribution in [1.29, 1.82) is 0 Å². The van der Waals surface area contributed by atoms with Gasteiger partial charge in [-0.25, -0.2) is 19.8 Å². The lowest BCUT2D eigenvalue weighted by atomic mass is 9.98. The first kappa shape index (κ1) is 118. The summed E-state index contributed by atoms with van der Waals surface area (Å²) in [5, 5.41) is 113. The number of carbonyl (C=O) groups is 2.